The van der Waals surface area contributed by atoms with Gasteiger partial charge in [-0.05, 0) is 25.0 Å². The third-order valence-electron chi connectivity index (χ3n) is 2.88. The van der Waals surface area contributed by atoms with Crippen LogP contribution in [0.1, 0.15) is 34.4 Å². The second-order valence-corrected chi connectivity index (χ2v) is 4.31. The van der Waals surface area contributed by atoms with Gasteiger partial charge in [-0.1, -0.05) is 13.0 Å². The van der Waals surface area contributed by atoms with E-state index in [1.54, 1.807) is 6.20 Å². The first kappa shape index (κ1) is 13.1. The van der Waals surface area contributed by atoms with Gasteiger partial charge in [0.15, 0.2) is 5.69 Å². The molecule has 2 heterocycles. The highest BCUT2D eigenvalue weighted by molar-refractivity contribution is 5.97. The molecule has 6 nitrogen and oxygen atoms in total. The minimum Gasteiger partial charge on any atom is -0.395 e. The molecule has 19 heavy (non-hydrogen) atoms. The molecular weight excluding hydrogens is 242 g/mol. The lowest BCUT2D eigenvalue weighted by Gasteiger charge is -2.04. The number of nitrogens with one attached hydrogen (secondary N) is 2. The van der Waals surface area contributed by atoms with E-state index in [1.807, 2.05) is 26.0 Å². The second-order valence-electron chi connectivity index (χ2n) is 4.31. The van der Waals surface area contributed by atoms with Crippen molar-refractivity contribution in [2.24, 2.45) is 0 Å². The van der Waals surface area contributed by atoms with Crippen molar-refractivity contribution in [3.8, 4) is 0 Å². The van der Waals surface area contributed by atoms with Gasteiger partial charge in [-0.3, -0.25) is 14.9 Å². The maximum atomic E-state index is 11.9. The number of H-pyrrole nitrogens is 1. The molecule has 4 N–H and O–H groups in total. The maximum absolute atomic E-state index is 11.9. The van der Waals surface area contributed by atoms with Crippen molar-refractivity contribution in [2.45, 2.75) is 26.8 Å². The number of aromatic nitrogens is 3. The minimum atomic E-state index is -0.283. The standard InChI is InChI=1S/C13H17N5O/c1-3-10-11(14)12(18-17-10)13(19)16-7-9-5-4-8(2)15-6-9/h4-6H,3,7,14H2,1-2H3,(H,16,19)(H,17,18). The first-order chi connectivity index (χ1) is 9.11. The molecule has 2 rings (SSSR count). The number of nitrogen functional groups attached to an aromatic ring is 1. The quantitative estimate of drug-likeness (QED) is 0.768. The molecule has 100 valence electrons. The van der Waals surface area contributed by atoms with Gasteiger partial charge in [-0.2, -0.15) is 5.10 Å². The fraction of sp³-hybridized carbons (Fsp3) is 0.308. The zero-order valence-electron chi connectivity index (χ0n) is 11.0. The molecule has 0 aliphatic rings. The van der Waals surface area contributed by atoms with Crippen LogP contribution in [-0.4, -0.2) is 21.1 Å². The largest absolute Gasteiger partial charge is 0.395 e. The molecule has 6 heteroatoms. The van der Waals surface area contributed by atoms with Crippen LogP contribution in [0.5, 0.6) is 0 Å². The molecule has 2 aromatic rings. The summed E-state index contributed by atoms with van der Waals surface area (Å²) < 4.78 is 0. The van der Waals surface area contributed by atoms with Gasteiger partial charge in [0.2, 0.25) is 0 Å². The van der Waals surface area contributed by atoms with Crippen LogP contribution in [0.15, 0.2) is 18.3 Å². The smallest absolute Gasteiger partial charge is 0.274 e. The van der Waals surface area contributed by atoms with Gasteiger partial charge in [-0.15, -0.1) is 0 Å². The Morgan fingerprint density at radius 3 is 2.84 bits per heavy atom. The van der Waals surface area contributed by atoms with E-state index in [0.29, 0.717) is 18.7 Å². The number of nitrogens with zero attached hydrogens (tertiary/aromatic N) is 2. The van der Waals surface area contributed by atoms with Crippen LogP contribution in [0.2, 0.25) is 0 Å². The molecule has 0 radical (unpaired) electrons. The summed E-state index contributed by atoms with van der Waals surface area (Å²) in [7, 11) is 0. The predicted molar refractivity (Wildman–Crippen MR) is 72.5 cm³/mol. The van der Waals surface area contributed by atoms with Crippen LogP contribution in [0.3, 0.4) is 0 Å². The van der Waals surface area contributed by atoms with Crippen LogP contribution in [0.4, 0.5) is 5.69 Å². The Bertz CT molecular complexity index is 573. The molecule has 0 bridgehead atoms. The van der Waals surface area contributed by atoms with E-state index in [0.717, 1.165) is 17.0 Å². The van der Waals surface area contributed by atoms with Gasteiger partial charge < -0.3 is 11.1 Å². The first-order valence-electron chi connectivity index (χ1n) is 6.14. The van der Waals surface area contributed by atoms with Crippen molar-refractivity contribution in [1.82, 2.24) is 20.5 Å². The van der Waals surface area contributed by atoms with Crippen molar-refractivity contribution in [3.63, 3.8) is 0 Å². The lowest BCUT2D eigenvalue weighted by Crippen LogP contribution is -2.24. The monoisotopic (exact) mass is 259 g/mol. The molecule has 0 atom stereocenters. The Hall–Kier alpha value is -2.37. The first-order valence-corrected chi connectivity index (χ1v) is 6.14. The predicted octanol–water partition coefficient (Wildman–Crippen LogP) is 1.19. The third-order valence-corrected chi connectivity index (χ3v) is 2.88. The summed E-state index contributed by atoms with van der Waals surface area (Å²) in [5.41, 5.74) is 9.16. The molecule has 0 unspecified atom stereocenters. The van der Waals surface area contributed by atoms with E-state index < -0.39 is 0 Å². The Morgan fingerprint density at radius 2 is 2.26 bits per heavy atom. The molecule has 0 saturated carbocycles. The number of carbonyl (C=O) groups is 1. The summed E-state index contributed by atoms with van der Waals surface area (Å²) in [4.78, 5) is 16.1. The topological polar surface area (TPSA) is 96.7 Å². The van der Waals surface area contributed by atoms with Crippen molar-refractivity contribution < 1.29 is 4.79 Å². The average molecular weight is 259 g/mol. The summed E-state index contributed by atoms with van der Waals surface area (Å²) in [6.45, 7) is 4.27. The highest BCUT2D eigenvalue weighted by Crippen LogP contribution is 2.14. The molecule has 0 spiro atoms. The number of anilines is 1. The fourth-order valence-corrected chi connectivity index (χ4v) is 1.70. The Labute approximate surface area is 111 Å². The van der Waals surface area contributed by atoms with E-state index in [1.165, 1.54) is 0 Å². The van der Waals surface area contributed by atoms with Crippen molar-refractivity contribution in [3.05, 3.63) is 41.0 Å². The van der Waals surface area contributed by atoms with E-state index in [4.69, 9.17) is 5.73 Å². The summed E-state index contributed by atoms with van der Waals surface area (Å²) in [6.07, 6.45) is 2.45. The molecule has 0 aliphatic carbocycles. The summed E-state index contributed by atoms with van der Waals surface area (Å²) in [5.74, 6) is -0.283. The number of pyridine rings is 1. The fourth-order valence-electron chi connectivity index (χ4n) is 1.70. The van der Waals surface area contributed by atoms with E-state index in [-0.39, 0.29) is 11.6 Å². The number of hydrogen-bond donors (Lipinski definition) is 3. The number of aromatic amines is 1. The average Bonchev–Trinajstić information content (AvgIpc) is 2.79. The van der Waals surface area contributed by atoms with Gasteiger partial charge in [0.05, 0.1) is 11.4 Å². The molecule has 0 fully saturated rings. The number of nitrogens with two attached hydrogens (primary N) is 1. The molecule has 0 saturated heterocycles. The maximum Gasteiger partial charge on any atom is 0.274 e. The molecule has 0 aromatic carbocycles. The van der Waals surface area contributed by atoms with E-state index in [2.05, 4.69) is 20.5 Å². The highest BCUT2D eigenvalue weighted by atomic mass is 16.1. The van der Waals surface area contributed by atoms with E-state index in [9.17, 15) is 4.79 Å². The number of aryl methyl sites for hydroxylation is 2. The van der Waals surface area contributed by atoms with E-state index >= 15 is 0 Å². The van der Waals surface area contributed by atoms with Crippen molar-refractivity contribution >= 4 is 11.6 Å². The zero-order chi connectivity index (χ0) is 13.8. The second kappa shape index (κ2) is 5.51. The van der Waals surface area contributed by atoms with Gasteiger partial charge >= 0.3 is 0 Å². The summed E-state index contributed by atoms with van der Waals surface area (Å²) in [5, 5.41) is 9.47. The molecule has 2 aromatic heterocycles. The SMILES string of the molecule is CCc1[nH]nc(C(=O)NCc2ccc(C)nc2)c1N. The molecular formula is C13H17N5O. The van der Waals surface area contributed by atoms with Crippen LogP contribution < -0.4 is 11.1 Å². The van der Waals surface area contributed by atoms with Gasteiger partial charge in [0, 0.05) is 18.4 Å². The minimum absolute atomic E-state index is 0.247. The van der Waals surface area contributed by atoms with Crippen LogP contribution >= 0.6 is 0 Å². The summed E-state index contributed by atoms with van der Waals surface area (Å²) in [6, 6.07) is 3.83. The molecule has 1 amide bonds. The number of amides is 1. The third kappa shape index (κ3) is 2.90. The van der Waals surface area contributed by atoms with Gasteiger partial charge in [0.1, 0.15) is 0 Å². The number of hydrogen-bond acceptors (Lipinski definition) is 4. The van der Waals surface area contributed by atoms with Crippen molar-refractivity contribution in [1.29, 1.82) is 0 Å². The zero-order valence-corrected chi connectivity index (χ0v) is 11.0. The van der Waals surface area contributed by atoms with Gasteiger partial charge in [0.25, 0.3) is 5.91 Å². The number of rotatable bonds is 4. The van der Waals surface area contributed by atoms with Crippen molar-refractivity contribution in [2.75, 3.05) is 5.73 Å². The van der Waals surface area contributed by atoms with Crippen LogP contribution in [0.25, 0.3) is 0 Å². The molecule has 0 aliphatic heterocycles. The lowest BCUT2D eigenvalue weighted by molar-refractivity contribution is 0.0947. The number of carbonyl (C=O) groups excluding carboxylic acids is 1. The Kier molecular flexibility index (Phi) is 3.79. The Morgan fingerprint density at radius 1 is 1.47 bits per heavy atom. The van der Waals surface area contributed by atoms with Crippen LogP contribution in [0, 0.1) is 6.92 Å². The lowest BCUT2D eigenvalue weighted by atomic mass is 10.2. The summed E-state index contributed by atoms with van der Waals surface area (Å²) >= 11 is 0. The normalized spacial score (nSPS) is 10.4. The highest BCUT2D eigenvalue weighted by Gasteiger charge is 2.15. The Balaban J connectivity index is 2.01. The van der Waals surface area contributed by atoms with Crippen LogP contribution in [-0.2, 0) is 13.0 Å². The van der Waals surface area contributed by atoms with Gasteiger partial charge in [-0.25, -0.2) is 0 Å².